The fourth-order valence-corrected chi connectivity index (χ4v) is 4.33. The van der Waals surface area contributed by atoms with E-state index in [0.29, 0.717) is 12.5 Å². The third-order valence-corrected chi connectivity index (χ3v) is 5.54. The Bertz CT molecular complexity index is 423. The SMILES string of the molecule is COC(=O)C1CS(=O)(=O)CCN1CC1CCCNC1.Cl. The maximum Gasteiger partial charge on any atom is 0.324 e. The summed E-state index contributed by atoms with van der Waals surface area (Å²) in [5.74, 6) is 0.0780. The largest absolute Gasteiger partial charge is 0.468 e. The minimum Gasteiger partial charge on any atom is -0.468 e. The molecule has 2 aliphatic rings. The van der Waals surface area contributed by atoms with Gasteiger partial charge >= 0.3 is 5.97 Å². The number of methoxy groups -OCH3 is 1. The number of rotatable bonds is 3. The maximum atomic E-state index is 11.8. The molecule has 2 unspecified atom stereocenters. The van der Waals surface area contributed by atoms with Crippen LogP contribution in [-0.4, -0.2) is 70.1 Å². The molecule has 2 atom stereocenters. The highest BCUT2D eigenvalue weighted by molar-refractivity contribution is 7.91. The van der Waals surface area contributed by atoms with Gasteiger partial charge in [0, 0.05) is 13.1 Å². The maximum absolute atomic E-state index is 11.8. The molecule has 2 heterocycles. The standard InChI is InChI=1S/C12H22N2O4S.ClH/c1-18-12(15)11-9-19(16,17)6-5-14(11)8-10-3-2-4-13-7-10;/h10-11,13H,2-9H2,1H3;1H. The molecule has 2 rings (SSSR count). The summed E-state index contributed by atoms with van der Waals surface area (Å²) in [5, 5.41) is 3.34. The van der Waals surface area contributed by atoms with Crippen molar-refractivity contribution in [3.8, 4) is 0 Å². The van der Waals surface area contributed by atoms with Crippen LogP contribution in [0.15, 0.2) is 0 Å². The van der Waals surface area contributed by atoms with Crippen molar-refractivity contribution < 1.29 is 17.9 Å². The van der Waals surface area contributed by atoms with Crippen LogP contribution in [0.2, 0.25) is 0 Å². The first-order valence-corrected chi connectivity index (χ1v) is 8.57. The topological polar surface area (TPSA) is 75.7 Å². The Morgan fingerprint density at radius 2 is 2.20 bits per heavy atom. The number of halogens is 1. The molecule has 0 aliphatic carbocycles. The second kappa shape index (κ2) is 7.59. The van der Waals surface area contributed by atoms with E-state index >= 15 is 0 Å². The van der Waals surface area contributed by atoms with Gasteiger partial charge in [0.15, 0.2) is 9.84 Å². The van der Waals surface area contributed by atoms with Crippen LogP contribution in [0.1, 0.15) is 12.8 Å². The van der Waals surface area contributed by atoms with Crippen LogP contribution in [-0.2, 0) is 19.4 Å². The van der Waals surface area contributed by atoms with Gasteiger partial charge in [0.1, 0.15) is 6.04 Å². The van der Waals surface area contributed by atoms with E-state index in [1.807, 2.05) is 4.90 Å². The van der Waals surface area contributed by atoms with Gasteiger partial charge < -0.3 is 10.1 Å². The highest BCUT2D eigenvalue weighted by atomic mass is 35.5. The first-order valence-electron chi connectivity index (χ1n) is 6.75. The fraction of sp³-hybridized carbons (Fsp3) is 0.917. The Kier molecular flexibility index (Phi) is 6.71. The van der Waals surface area contributed by atoms with Crippen molar-refractivity contribution in [2.45, 2.75) is 18.9 Å². The number of hydrogen-bond acceptors (Lipinski definition) is 6. The van der Waals surface area contributed by atoms with Crippen LogP contribution in [0.5, 0.6) is 0 Å². The van der Waals surface area contributed by atoms with Crippen LogP contribution in [0.4, 0.5) is 0 Å². The number of ether oxygens (including phenoxy) is 1. The van der Waals surface area contributed by atoms with E-state index in [0.717, 1.165) is 32.5 Å². The Labute approximate surface area is 126 Å². The molecular formula is C12H23ClN2O4S. The number of nitrogens with one attached hydrogen (secondary N) is 1. The van der Waals surface area contributed by atoms with Crippen LogP contribution in [0, 0.1) is 5.92 Å². The van der Waals surface area contributed by atoms with Crippen molar-refractivity contribution in [3.05, 3.63) is 0 Å². The predicted molar refractivity (Wildman–Crippen MR) is 78.9 cm³/mol. The van der Waals surface area contributed by atoms with Gasteiger partial charge in [-0.1, -0.05) is 0 Å². The molecule has 0 aromatic rings. The number of nitrogens with zero attached hydrogens (tertiary/aromatic N) is 1. The Hall–Kier alpha value is -0.370. The number of sulfone groups is 1. The number of esters is 1. The highest BCUT2D eigenvalue weighted by Gasteiger charge is 2.37. The summed E-state index contributed by atoms with van der Waals surface area (Å²) in [5.41, 5.74) is 0. The lowest BCUT2D eigenvalue weighted by Gasteiger charge is -2.36. The van der Waals surface area contributed by atoms with Crippen molar-refractivity contribution >= 4 is 28.2 Å². The third-order valence-electron chi connectivity index (χ3n) is 3.91. The van der Waals surface area contributed by atoms with Gasteiger partial charge in [0.05, 0.1) is 18.6 Å². The van der Waals surface area contributed by atoms with Gasteiger partial charge in [-0.2, -0.15) is 0 Å². The van der Waals surface area contributed by atoms with Crippen LogP contribution >= 0.6 is 12.4 Å². The van der Waals surface area contributed by atoms with E-state index in [2.05, 4.69) is 5.32 Å². The smallest absolute Gasteiger partial charge is 0.324 e. The summed E-state index contributed by atoms with van der Waals surface area (Å²) >= 11 is 0. The van der Waals surface area contributed by atoms with E-state index in [4.69, 9.17) is 4.74 Å². The average Bonchev–Trinajstić information content (AvgIpc) is 2.41. The number of carbonyl (C=O) groups is 1. The normalized spacial score (nSPS) is 30.2. The zero-order valence-electron chi connectivity index (χ0n) is 11.7. The van der Waals surface area contributed by atoms with Gasteiger partial charge in [-0.3, -0.25) is 9.69 Å². The van der Waals surface area contributed by atoms with Crippen LogP contribution in [0.3, 0.4) is 0 Å². The molecule has 0 bridgehead atoms. The zero-order valence-corrected chi connectivity index (χ0v) is 13.3. The van der Waals surface area contributed by atoms with Crippen LogP contribution in [0.25, 0.3) is 0 Å². The van der Waals surface area contributed by atoms with Crippen molar-refractivity contribution in [2.75, 3.05) is 44.8 Å². The second-order valence-electron chi connectivity index (χ2n) is 5.36. The van der Waals surface area contributed by atoms with Crippen molar-refractivity contribution in [2.24, 2.45) is 5.92 Å². The van der Waals surface area contributed by atoms with E-state index in [1.165, 1.54) is 7.11 Å². The number of hydrogen-bond donors (Lipinski definition) is 1. The molecule has 0 amide bonds. The summed E-state index contributed by atoms with van der Waals surface area (Å²) in [4.78, 5) is 13.7. The number of carbonyl (C=O) groups excluding carboxylic acids is 1. The number of piperidine rings is 1. The third kappa shape index (κ3) is 4.58. The summed E-state index contributed by atoms with van der Waals surface area (Å²) in [6, 6.07) is -0.634. The molecule has 20 heavy (non-hydrogen) atoms. The molecule has 0 radical (unpaired) electrons. The van der Waals surface area contributed by atoms with Gasteiger partial charge in [0.25, 0.3) is 0 Å². The summed E-state index contributed by atoms with van der Waals surface area (Å²) in [6.07, 6.45) is 2.27. The molecule has 0 spiro atoms. The molecule has 6 nitrogen and oxygen atoms in total. The van der Waals surface area contributed by atoms with E-state index in [9.17, 15) is 13.2 Å². The van der Waals surface area contributed by atoms with Crippen molar-refractivity contribution in [1.29, 1.82) is 0 Å². The summed E-state index contributed by atoms with van der Waals surface area (Å²) in [7, 11) is -1.81. The second-order valence-corrected chi connectivity index (χ2v) is 7.59. The van der Waals surface area contributed by atoms with E-state index in [-0.39, 0.29) is 23.9 Å². The highest BCUT2D eigenvalue weighted by Crippen LogP contribution is 2.18. The fourth-order valence-electron chi connectivity index (χ4n) is 2.82. The lowest BCUT2D eigenvalue weighted by molar-refractivity contribution is -0.146. The van der Waals surface area contributed by atoms with Gasteiger partial charge in [-0.05, 0) is 31.8 Å². The Balaban J connectivity index is 0.00000200. The molecule has 0 saturated carbocycles. The molecule has 2 aliphatic heterocycles. The molecule has 8 heteroatoms. The Morgan fingerprint density at radius 1 is 1.45 bits per heavy atom. The first kappa shape index (κ1) is 17.7. The van der Waals surface area contributed by atoms with Crippen molar-refractivity contribution in [1.82, 2.24) is 10.2 Å². The molecule has 0 aromatic carbocycles. The quantitative estimate of drug-likeness (QED) is 0.716. The molecule has 0 aromatic heterocycles. The monoisotopic (exact) mass is 326 g/mol. The van der Waals surface area contributed by atoms with Gasteiger partial charge in [-0.15, -0.1) is 12.4 Å². The van der Waals surface area contributed by atoms with Crippen molar-refractivity contribution in [3.63, 3.8) is 0 Å². The molecule has 2 fully saturated rings. The van der Waals surface area contributed by atoms with Gasteiger partial charge in [-0.25, -0.2) is 8.42 Å². The molecule has 2 saturated heterocycles. The summed E-state index contributed by atoms with van der Waals surface area (Å²) < 4.78 is 28.1. The van der Waals surface area contributed by atoms with E-state index in [1.54, 1.807) is 0 Å². The molecular weight excluding hydrogens is 304 g/mol. The Morgan fingerprint density at radius 3 is 2.80 bits per heavy atom. The molecule has 118 valence electrons. The lowest BCUT2D eigenvalue weighted by Crippen LogP contribution is -2.55. The predicted octanol–water partition coefficient (Wildman–Crippen LogP) is -0.320. The molecule has 1 N–H and O–H groups in total. The van der Waals surface area contributed by atoms with Crippen LogP contribution < -0.4 is 5.32 Å². The zero-order chi connectivity index (χ0) is 13.9. The lowest BCUT2D eigenvalue weighted by atomic mass is 9.98. The summed E-state index contributed by atoms with van der Waals surface area (Å²) in [6.45, 7) is 3.18. The van der Waals surface area contributed by atoms with Gasteiger partial charge in [0.2, 0.25) is 0 Å². The van der Waals surface area contributed by atoms with E-state index < -0.39 is 21.8 Å². The first-order chi connectivity index (χ1) is 9.02. The average molecular weight is 327 g/mol. The minimum atomic E-state index is -3.12. The minimum absolute atomic E-state index is 0.